The molecule has 0 spiro atoms. The van der Waals surface area contributed by atoms with Crippen LogP contribution < -0.4 is 4.74 Å². The summed E-state index contributed by atoms with van der Waals surface area (Å²) in [7, 11) is 0. The predicted octanol–water partition coefficient (Wildman–Crippen LogP) is 3.88. The first kappa shape index (κ1) is 12.9. The number of nitrogens with zero attached hydrogens (tertiary/aromatic N) is 1. The van der Waals surface area contributed by atoms with Crippen molar-refractivity contribution in [1.82, 2.24) is 0 Å². The van der Waals surface area contributed by atoms with Crippen LogP contribution in [0.5, 0.6) is 5.75 Å². The van der Waals surface area contributed by atoms with Gasteiger partial charge >= 0.3 is 0 Å². The summed E-state index contributed by atoms with van der Waals surface area (Å²) in [6, 6.07) is 4.14. The number of ether oxygens (including phenoxy) is 1. The Hall–Kier alpha value is -1.12. The van der Waals surface area contributed by atoms with E-state index in [4.69, 9.17) is 4.74 Å². The van der Waals surface area contributed by atoms with Gasteiger partial charge in [0.05, 0.1) is 0 Å². The SMILES string of the molecule is CC1(C)Cc2cc(Br)cc(C3(N=C=O)CCC3)c2O1. The van der Waals surface area contributed by atoms with E-state index in [2.05, 4.69) is 40.8 Å². The first-order valence-electron chi connectivity index (χ1n) is 6.57. The molecular formula is C15H16BrNO2. The maximum atomic E-state index is 10.8. The second kappa shape index (κ2) is 4.19. The smallest absolute Gasteiger partial charge is 0.235 e. The lowest BCUT2D eigenvalue weighted by Crippen LogP contribution is -2.33. The van der Waals surface area contributed by atoms with Gasteiger partial charge in [0.25, 0.3) is 0 Å². The van der Waals surface area contributed by atoms with Crippen LogP contribution >= 0.6 is 15.9 Å². The second-order valence-electron chi connectivity index (χ2n) is 6.07. The van der Waals surface area contributed by atoms with E-state index in [0.29, 0.717) is 0 Å². The number of hydrogen-bond acceptors (Lipinski definition) is 3. The molecule has 0 unspecified atom stereocenters. The fraction of sp³-hybridized carbons (Fsp3) is 0.533. The maximum absolute atomic E-state index is 10.8. The Labute approximate surface area is 121 Å². The van der Waals surface area contributed by atoms with Crippen molar-refractivity contribution < 1.29 is 9.53 Å². The summed E-state index contributed by atoms with van der Waals surface area (Å²) >= 11 is 3.55. The van der Waals surface area contributed by atoms with E-state index in [1.165, 1.54) is 5.56 Å². The van der Waals surface area contributed by atoms with E-state index in [1.807, 2.05) is 6.07 Å². The van der Waals surface area contributed by atoms with Gasteiger partial charge in [0.2, 0.25) is 6.08 Å². The molecule has 0 bridgehead atoms. The minimum atomic E-state index is -0.407. The van der Waals surface area contributed by atoms with Gasteiger partial charge in [-0.3, -0.25) is 0 Å². The zero-order chi connectivity index (χ0) is 13.7. The van der Waals surface area contributed by atoms with Gasteiger partial charge in [-0.05, 0) is 50.8 Å². The molecule has 1 aromatic rings. The molecule has 19 heavy (non-hydrogen) atoms. The number of fused-ring (bicyclic) bond motifs is 1. The van der Waals surface area contributed by atoms with Crippen LogP contribution in [0.2, 0.25) is 0 Å². The average molecular weight is 322 g/mol. The van der Waals surface area contributed by atoms with Gasteiger partial charge in [-0.25, -0.2) is 4.79 Å². The summed E-state index contributed by atoms with van der Waals surface area (Å²) in [5.41, 5.74) is 1.64. The minimum absolute atomic E-state index is 0.187. The van der Waals surface area contributed by atoms with Crippen molar-refractivity contribution in [2.45, 2.75) is 50.7 Å². The Kier molecular flexibility index (Phi) is 2.84. The van der Waals surface area contributed by atoms with Gasteiger partial charge in [0, 0.05) is 16.5 Å². The number of halogens is 1. The van der Waals surface area contributed by atoms with Crippen LogP contribution in [0.1, 0.15) is 44.2 Å². The van der Waals surface area contributed by atoms with Crippen LogP contribution in [-0.4, -0.2) is 11.7 Å². The molecule has 100 valence electrons. The number of benzene rings is 1. The monoisotopic (exact) mass is 321 g/mol. The van der Waals surface area contributed by atoms with Gasteiger partial charge in [0.15, 0.2) is 0 Å². The van der Waals surface area contributed by atoms with Crippen molar-refractivity contribution in [3.63, 3.8) is 0 Å². The molecule has 0 aromatic heterocycles. The van der Waals surface area contributed by atoms with Crippen LogP contribution in [0.4, 0.5) is 0 Å². The summed E-state index contributed by atoms with van der Waals surface area (Å²) in [5, 5.41) is 0. The zero-order valence-electron chi connectivity index (χ0n) is 11.1. The fourth-order valence-electron chi connectivity index (χ4n) is 3.06. The van der Waals surface area contributed by atoms with Crippen LogP contribution in [0.3, 0.4) is 0 Å². The van der Waals surface area contributed by atoms with Crippen molar-refractivity contribution in [1.29, 1.82) is 0 Å². The molecule has 4 heteroatoms. The van der Waals surface area contributed by atoms with Crippen molar-refractivity contribution in [3.05, 3.63) is 27.7 Å². The number of aliphatic imine (C=N–C) groups is 1. The lowest BCUT2D eigenvalue weighted by Gasteiger charge is -2.38. The Morgan fingerprint density at radius 1 is 1.37 bits per heavy atom. The second-order valence-corrected chi connectivity index (χ2v) is 6.98. The van der Waals surface area contributed by atoms with Crippen LogP contribution in [0, 0.1) is 0 Å². The van der Waals surface area contributed by atoms with E-state index < -0.39 is 5.54 Å². The Bertz CT molecular complexity index is 584. The molecular weight excluding hydrogens is 306 g/mol. The summed E-state index contributed by atoms with van der Waals surface area (Å²) in [4.78, 5) is 14.8. The van der Waals surface area contributed by atoms with Crippen LogP contribution in [-0.2, 0) is 16.8 Å². The minimum Gasteiger partial charge on any atom is -0.487 e. The summed E-state index contributed by atoms with van der Waals surface area (Å²) < 4.78 is 7.12. The molecule has 0 atom stereocenters. The molecule has 0 radical (unpaired) electrons. The van der Waals surface area contributed by atoms with E-state index in [-0.39, 0.29) is 5.60 Å². The highest BCUT2D eigenvalue weighted by Crippen LogP contribution is 2.52. The van der Waals surface area contributed by atoms with Crippen molar-refractivity contribution >= 4 is 22.0 Å². The Balaban J connectivity index is 2.16. The quantitative estimate of drug-likeness (QED) is 0.612. The summed E-state index contributed by atoms with van der Waals surface area (Å²) in [6.07, 6.45) is 5.52. The van der Waals surface area contributed by atoms with Gasteiger partial charge in [-0.2, -0.15) is 4.99 Å². The normalized spacial score (nSPS) is 21.8. The van der Waals surface area contributed by atoms with Gasteiger partial charge in [0.1, 0.15) is 16.9 Å². The van der Waals surface area contributed by atoms with E-state index in [9.17, 15) is 4.79 Å². The molecule has 2 aliphatic rings. The number of hydrogen-bond donors (Lipinski definition) is 0. The number of isocyanates is 1. The standard InChI is InChI=1S/C15H16BrNO2/c1-14(2)8-10-6-11(16)7-12(13(10)19-14)15(17-9-18)4-3-5-15/h6-7H,3-5,8H2,1-2H3. The molecule has 1 fully saturated rings. The van der Waals surface area contributed by atoms with Gasteiger partial charge in [-0.15, -0.1) is 0 Å². The molecule has 1 aromatic carbocycles. The lowest BCUT2D eigenvalue weighted by atomic mass is 9.71. The average Bonchev–Trinajstić information content (AvgIpc) is 2.56. The third kappa shape index (κ3) is 2.03. The van der Waals surface area contributed by atoms with Gasteiger partial charge < -0.3 is 4.74 Å². The number of carbonyl (C=O) groups excluding carboxylic acids is 1. The van der Waals surface area contributed by atoms with Crippen molar-refractivity contribution in [3.8, 4) is 5.75 Å². The number of rotatable bonds is 2. The lowest BCUT2D eigenvalue weighted by molar-refractivity contribution is 0.131. The Morgan fingerprint density at radius 3 is 2.68 bits per heavy atom. The molecule has 1 saturated carbocycles. The molecule has 0 amide bonds. The van der Waals surface area contributed by atoms with E-state index >= 15 is 0 Å². The molecule has 3 nitrogen and oxygen atoms in total. The Morgan fingerprint density at radius 2 is 2.11 bits per heavy atom. The van der Waals surface area contributed by atoms with Crippen molar-refractivity contribution in [2.75, 3.05) is 0 Å². The predicted molar refractivity (Wildman–Crippen MR) is 76.2 cm³/mol. The van der Waals surface area contributed by atoms with E-state index in [1.54, 1.807) is 6.08 Å². The summed E-state index contributed by atoms with van der Waals surface area (Å²) in [6.45, 7) is 4.17. The van der Waals surface area contributed by atoms with Gasteiger partial charge in [-0.1, -0.05) is 15.9 Å². The topological polar surface area (TPSA) is 38.7 Å². The molecule has 1 aliphatic heterocycles. The highest BCUT2D eigenvalue weighted by molar-refractivity contribution is 9.10. The van der Waals surface area contributed by atoms with Crippen LogP contribution in [0.25, 0.3) is 0 Å². The molecule has 3 rings (SSSR count). The largest absolute Gasteiger partial charge is 0.487 e. The molecule has 1 aliphatic carbocycles. The molecule has 0 saturated heterocycles. The fourth-order valence-corrected chi connectivity index (χ4v) is 3.56. The summed E-state index contributed by atoms with van der Waals surface area (Å²) in [5.74, 6) is 0.923. The third-order valence-corrected chi connectivity index (χ3v) is 4.52. The molecule has 0 N–H and O–H groups in total. The first-order valence-corrected chi connectivity index (χ1v) is 7.36. The van der Waals surface area contributed by atoms with Crippen molar-refractivity contribution in [2.24, 2.45) is 4.99 Å². The maximum Gasteiger partial charge on any atom is 0.235 e. The highest BCUT2D eigenvalue weighted by atomic mass is 79.9. The zero-order valence-corrected chi connectivity index (χ0v) is 12.7. The third-order valence-electron chi connectivity index (χ3n) is 4.07. The van der Waals surface area contributed by atoms with E-state index in [0.717, 1.165) is 41.5 Å². The van der Waals surface area contributed by atoms with Crippen LogP contribution in [0.15, 0.2) is 21.6 Å². The molecule has 1 heterocycles. The highest BCUT2D eigenvalue weighted by Gasteiger charge is 2.44. The first-order chi connectivity index (χ1) is 8.96.